The van der Waals surface area contributed by atoms with Gasteiger partial charge in [0.15, 0.2) is 0 Å². The van der Waals surface area contributed by atoms with Crippen molar-refractivity contribution in [3.8, 4) is 0 Å². The fourth-order valence-electron chi connectivity index (χ4n) is 12.9. The van der Waals surface area contributed by atoms with Crippen molar-refractivity contribution in [2.75, 3.05) is 68.5 Å². The van der Waals surface area contributed by atoms with Crippen molar-refractivity contribution < 1.29 is 79.1 Å². The number of carbonyl (C=O) groups is 11. The highest BCUT2D eigenvalue weighted by Gasteiger charge is 2.52. The van der Waals surface area contributed by atoms with E-state index in [0.29, 0.717) is 25.7 Å². The molecule has 2 heterocycles. The third-order valence-electron chi connectivity index (χ3n) is 19.0. The highest BCUT2D eigenvalue weighted by molar-refractivity contribution is 6.31. The van der Waals surface area contributed by atoms with Gasteiger partial charge in [0.1, 0.15) is 41.8 Å². The molecule has 2 aromatic rings. The maximum atomic E-state index is 15.0. The summed E-state index contributed by atoms with van der Waals surface area (Å²) in [6.07, 6.45) is -6.08. The van der Waals surface area contributed by atoms with Gasteiger partial charge in [-0.1, -0.05) is 76.8 Å². The van der Waals surface area contributed by atoms with Crippen LogP contribution in [0.4, 0.5) is 26.3 Å². The van der Waals surface area contributed by atoms with E-state index in [4.69, 9.17) is 11.6 Å². The predicted octanol–water partition coefficient (Wildman–Crippen LogP) is 5.60. The molecule has 6 rings (SSSR count). The Hall–Kier alpha value is -7.52. The van der Waals surface area contributed by atoms with E-state index in [2.05, 4.69) is 21.3 Å². The van der Waals surface area contributed by atoms with Gasteiger partial charge in [0.2, 0.25) is 65.0 Å². The monoisotopic (exact) mass is 1360 g/mol. The highest BCUT2D eigenvalue weighted by Crippen LogP contribution is 2.39. The normalized spacial score (nSPS) is 25.4. The second-order valence-electron chi connectivity index (χ2n) is 26.7. The van der Waals surface area contributed by atoms with Crippen LogP contribution in [0.15, 0.2) is 42.5 Å². The van der Waals surface area contributed by atoms with E-state index in [1.54, 1.807) is 20.8 Å². The van der Waals surface area contributed by atoms with Crippen LogP contribution in [0.1, 0.15) is 140 Å². The molecule has 2 aliphatic carbocycles. The number of nitrogens with zero attached hydrogens (tertiary/aromatic N) is 7. The van der Waals surface area contributed by atoms with Crippen molar-refractivity contribution in [1.82, 2.24) is 55.6 Å². The number of halogens is 7. The maximum absolute atomic E-state index is 15.0. The maximum Gasteiger partial charge on any atom is 0.417 e. The number of hydrogen-bond donors (Lipinski definition) is 4. The van der Waals surface area contributed by atoms with Gasteiger partial charge in [0, 0.05) is 67.7 Å². The molecule has 4 aliphatic rings. The van der Waals surface area contributed by atoms with E-state index < -0.39 is 173 Å². The van der Waals surface area contributed by atoms with Crippen molar-refractivity contribution in [2.24, 2.45) is 17.8 Å². The van der Waals surface area contributed by atoms with Gasteiger partial charge in [-0.15, -0.1) is 0 Å². The van der Waals surface area contributed by atoms with Crippen LogP contribution in [0.3, 0.4) is 0 Å². The van der Waals surface area contributed by atoms with E-state index in [1.165, 1.54) is 57.0 Å². The quantitative estimate of drug-likeness (QED) is 0.213. The summed E-state index contributed by atoms with van der Waals surface area (Å²) in [5.74, 6) is -8.92. The van der Waals surface area contributed by atoms with Gasteiger partial charge >= 0.3 is 12.4 Å². The third-order valence-corrected chi connectivity index (χ3v) is 19.3. The minimum absolute atomic E-state index is 0.0130. The van der Waals surface area contributed by atoms with Gasteiger partial charge in [-0.3, -0.25) is 52.7 Å². The molecule has 2 saturated heterocycles. The molecule has 11 amide bonds. The molecule has 8 atom stereocenters. The number of aryl methyl sites for hydroxylation is 1. The third kappa shape index (κ3) is 19.4. The lowest BCUT2D eigenvalue weighted by atomic mass is 9.74. The molecular formula is C66H92ClF6N11O11. The summed E-state index contributed by atoms with van der Waals surface area (Å²) in [5.41, 5.74) is -3.24. The zero-order chi connectivity index (χ0) is 70.8. The summed E-state index contributed by atoms with van der Waals surface area (Å²) in [7, 11) is 7.91. The summed E-state index contributed by atoms with van der Waals surface area (Å²) in [5, 5.41) is 10.7. The van der Waals surface area contributed by atoms with Gasteiger partial charge in [0.25, 0.3) is 0 Å². The Morgan fingerprint density at radius 1 is 0.621 bits per heavy atom. The summed E-state index contributed by atoms with van der Waals surface area (Å²) in [6.45, 7) is 6.69. The molecular weight excluding hydrogens is 1270 g/mol. The zero-order valence-electron chi connectivity index (χ0n) is 56.0. The lowest BCUT2D eigenvalue weighted by Crippen LogP contribution is -2.68. The van der Waals surface area contributed by atoms with Gasteiger partial charge in [0.05, 0.1) is 35.8 Å². The number of likely N-dealkylation sites (N-methyl/N-ethyl adjacent to an activating group) is 6. The largest absolute Gasteiger partial charge is 0.417 e. The first-order chi connectivity index (χ1) is 44.4. The Kier molecular flexibility index (Phi) is 26.2. The number of fused-ring (bicyclic) bond motifs is 1. The van der Waals surface area contributed by atoms with E-state index >= 15 is 4.79 Å². The first-order valence-electron chi connectivity index (χ1n) is 32.5. The molecule has 4 N–H and O–H groups in total. The number of amides is 11. The number of hydrogen-bond acceptors (Lipinski definition) is 11. The van der Waals surface area contributed by atoms with Crippen LogP contribution in [0, 0.1) is 17.8 Å². The van der Waals surface area contributed by atoms with Crippen LogP contribution in [0.5, 0.6) is 0 Å². The molecule has 2 aliphatic heterocycles. The van der Waals surface area contributed by atoms with Crippen LogP contribution in [0.2, 0.25) is 5.02 Å². The van der Waals surface area contributed by atoms with Crippen LogP contribution in [-0.2, 0) is 77.9 Å². The Labute approximate surface area is 556 Å². The van der Waals surface area contributed by atoms with Crippen LogP contribution >= 0.6 is 11.6 Å². The average molecular weight is 1360 g/mol. The first-order valence-corrected chi connectivity index (χ1v) is 32.8. The summed E-state index contributed by atoms with van der Waals surface area (Å²) >= 11 is 6.08. The van der Waals surface area contributed by atoms with Crippen LogP contribution in [0.25, 0.3) is 0 Å². The van der Waals surface area contributed by atoms with E-state index in [0.717, 1.165) is 74.9 Å². The molecule has 2 saturated carbocycles. The van der Waals surface area contributed by atoms with Crippen molar-refractivity contribution in [1.29, 1.82) is 0 Å². The number of nitrogens with one attached hydrogen (secondary N) is 4. The van der Waals surface area contributed by atoms with Crippen molar-refractivity contribution in [2.45, 2.75) is 191 Å². The lowest BCUT2D eigenvalue weighted by molar-refractivity contribution is -0.152. The van der Waals surface area contributed by atoms with E-state index in [9.17, 15) is 74.3 Å². The Morgan fingerprint density at radius 3 is 1.79 bits per heavy atom. The van der Waals surface area contributed by atoms with Crippen molar-refractivity contribution in [3.63, 3.8) is 0 Å². The molecule has 0 unspecified atom stereocenters. The molecule has 4 fully saturated rings. The second kappa shape index (κ2) is 32.5. The topological polar surface area (TPSA) is 259 Å². The molecule has 2 aromatic carbocycles. The highest BCUT2D eigenvalue weighted by atomic mass is 35.5. The fourth-order valence-corrected chi connectivity index (χ4v) is 13.2. The number of rotatable bonds is 10. The van der Waals surface area contributed by atoms with Crippen molar-refractivity contribution >= 4 is 76.6 Å². The second-order valence-corrected chi connectivity index (χ2v) is 27.1. The molecule has 22 nitrogen and oxygen atoms in total. The summed E-state index contributed by atoms with van der Waals surface area (Å²) in [4.78, 5) is 167. The molecule has 29 heteroatoms. The number of carbonyl (C=O) groups excluding carboxylic acids is 11. The summed E-state index contributed by atoms with van der Waals surface area (Å²) in [6, 6.07) is -1.72. The van der Waals surface area contributed by atoms with Gasteiger partial charge < -0.3 is 55.6 Å². The molecule has 0 radical (unpaired) electrons. The standard InChI is InChI=1S/C66H92ClF6N11O11/c1-12-39(4)55-62(94)80(8)36-53(87)78(6)37-54(88)82(10)50(34-42-20-24-44(25-21-42)65(68,69)70)61(93)79(7)35-51(85)75-47(27-23-41-22-26-45(46(67)33-41)66(71,72)73)60(92)84-30-15-19-48(84)58(90)77-64(28-16-29-64)63(95)83(11)56(43-17-13-14-18-43)59(91)74-40(5)32-52(86)81(9)49(31-38(2)3)57(89)76-55/h20-22,24-26,33,38-40,43,47-50,55-56H,12-19,23,27-32,34-37H2,1-11H3,(H,74,91)(H,75,85)(H,76,89)(H,77,90)/t39-,40+,47-,48-,49-,50-,55-,56-/m0/s1. The van der Waals surface area contributed by atoms with Gasteiger partial charge in [-0.2, -0.15) is 26.3 Å². The molecule has 0 aromatic heterocycles. The number of alkyl halides is 6. The number of benzene rings is 2. The lowest BCUT2D eigenvalue weighted by Gasteiger charge is -2.46. The predicted molar refractivity (Wildman–Crippen MR) is 339 cm³/mol. The zero-order valence-corrected chi connectivity index (χ0v) is 56.8. The molecule has 95 heavy (non-hydrogen) atoms. The van der Waals surface area contributed by atoms with Crippen LogP contribution < -0.4 is 21.3 Å². The minimum atomic E-state index is -4.80. The molecule has 0 bridgehead atoms. The van der Waals surface area contributed by atoms with Gasteiger partial charge in [-0.05, 0) is 124 Å². The van der Waals surface area contributed by atoms with E-state index in [-0.39, 0.29) is 80.9 Å². The average Bonchev–Trinajstić information content (AvgIpc) is 1.65. The Morgan fingerprint density at radius 2 is 1.22 bits per heavy atom. The summed E-state index contributed by atoms with van der Waals surface area (Å²) < 4.78 is 82.5. The minimum Gasteiger partial charge on any atom is -0.351 e. The van der Waals surface area contributed by atoms with E-state index in [1.807, 2.05) is 13.8 Å². The smallest absolute Gasteiger partial charge is 0.351 e. The van der Waals surface area contributed by atoms with Gasteiger partial charge in [-0.25, -0.2) is 0 Å². The Balaban J connectivity index is 1.38. The fraction of sp³-hybridized carbons (Fsp3) is 0.652. The molecule has 526 valence electrons. The first kappa shape index (κ1) is 76.5. The Bertz CT molecular complexity index is 3140. The van der Waals surface area contributed by atoms with Crippen molar-refractivity contribution in [3.05, 3.63) is 69.7 Å². The molecule has 1 spiro atoms. The SMILES string of the molecule is CC[C@H](C)[C@@H]1NC(=O)[C@H](CC(C)C)N(C)C(=O)C[C@@H](C)NC(=O)[C@H](C2CCCC2)N(C)C(=O)C2(CCC2)NC(=O)[C@@H]2CCCN2C(=O)[C@H](CCc2ccc(C(F)(F)F)c(Cl)c2)NC(=O)CN(C)C(=O)[C@H](Cc2ccc(C(F)(F)F)cc2)N(C)C(=O)CN(C)C(=O)CN(C)C1=O. The van der Waals surface area contributed by atoms with Crippen LogP contribution in [-0.4, -0.2) is 216 Å².